The van der Waals surface area contributed by atoms with E-state index in [1.807, 2.05) is 20.8 Å². The Balaban J connectivity index is 2.10. The van der Waals surface area contributed by atoms with Crippen molar-refractivity contribution in [2.45, 2.75) is 57.5 Å². The number of ether oxygens (including phenoxy) is 3. The quantitative estimate of drug-likeness (QED) is 0.603. The van der Waals surface area contributed by atoms with Gasteiger partial charge in [-0.3, -0.25) is 0 Å². The zero-order valence-corrected chi connectivity index (χ0v) is 8.32. The molecule has 0 aromatic rings. The van der Waals surface area contributed by atoms with E-state index in [1.54, 1.807) is 0 Å². The molecule has 2 aliphatic rings. The monoisotopic (exact) mass is 187 g/mol. The SMILES string of the molecule is CC1OC(N)CC2OC(C)(C)OC12. The summed E-state index contributed by atoms with van der Waals surface area (Å²) in [5.41, 5.74) is 5.71. The zero-order chi connectivity index (χ0) is 9.64. The van der Waals surface area contributed by atoms with Crippen LogP contribution in [-0.2, 0) is 14.2 Å². The Kier molecular flexibility index (Phi) is 2.11. The maximum absolute atomic E-state index is 5.71. The highest BCUT2D eigenvalue weighted by atomic mass is 16.8. The van der Waals surface area contributed by atoms with Crippen LogP contribution in [0.1, 0.15) is 27.2 Å². The minimum absolute atomic E-state index is 0.0236. The molecule has 4 heteroatoms. The minimum Gasteiger partial charge on any atom is -0.358 e. The number of rotatable bonds is 0. The molecule has 2 N–H and O–H groups in total. The normalized spacial score (nSPS) is 48.9. The van der Waals surface area contributed by atoms with Gasteiger partial charge in [-0.1, -0.05) is 0 Å². The van der Waals surface area contributed by atoms with Crippen LogP contribution in [0.25, 0.3) is 0 Å². The third-order valence-corrected chi connectivity index (χ3v) is 2.54. The highest BCUT2D eigenvalue weighted by molar-refractivity contribution is 4.90. The van der Waals surface area contributed by atoms with E-state index in [0.717, 1.165) is 6.42 Å². The molecule has 0 amide bonds. The lowest BCUT2D eigenvalue weighted by atomic mass is 10.0. The Morgan fingerprint density at radius 3 is 2.69 bits per heavy atom. The predicted molar refractivity (Wildman–Crippen MR) is 47.0 cm³/mol. The van der Waals surface area contributed by atoms with E-state index < -0.39 is 5.79 Å². The molecular formula is C9H17NO3. The van der Waals surface area contributed by atoms with Gasteiger partial charge in [0, 0.05) is 6.42 Å². The average molecular weight is 187 g/mol. The highest BCUT2D eigenvalue weighted by Gasteiger charge is 2.47. The van der Waals surface area contributed by atoms with Crippen LogP contribution in [0.3, 0.4) is 0 Å². The molecule has 0 aromatic heterocycles. The van der Waals surface area contributed by atoms with E-state index in [1.165, 1.54) is 0 Å². The van der Waals surface area contributed by atoms with E-state index in [2.05, 4.69) is 0 Å². The summed E-state index contributed by atoms with van der Waals surface area (Å²) in [7, 11) is 0. The molecule has 0 aliphatic carbocycles. The smallest absolute Gasteiger partial charge is 0.163 e. The zero-order valence-electron chi connectivity index (χ0n) is 8.32. The Bertz CT molecular complexity index is 207. The molecule has 2 fully saturated rings. The van der Waals surface area contributed by atoms with Gasteiger partial charge in [-0.25, -0.2) is 0 Å². The van der Waals surface area contributed by atoms with Crippen LogP contribution in [0.15, 0.2) is 0 Å². The molecule has 0 saturated carbocycles. The van der Waals surface area contributed by atoms with Gasteiger partial charge in [0.1, 0.15) is 12.3 Å². The van der Waals surface area contributed by atoms with Crippen molar-refractivity contribution in [2.24, 2.45) is 5.73 Å². The maximum atomic E-state index is 5.71. The molecule has 4 nitrogen and oxygen atoms in total. The molecule has 4 atom stereocenters. The van der Waals surface area contributed by atoms with Crippen molar-refractivity contribution in [1.29, 1.82) is 0 Å². The summed E-state index contributed by atoms with van der Waals surface area (Å²) in [4.78, 5) is 0. The molecule has 2 heterocycles. The van der Waals surface area contributed by atoms with Crippen molar-refractivity contribution in [1.82, 2.24) is 0 Å². The van der Waals surface area contributed by atoms with Crippen molar-refractivity contribution in [3.05, 3.63) is 0 Å². The van der Waals surface area contributed by atoms with Crippen molar-refractivity contribution >= 4 is 0 Å². The standard InChI is InChI=1S/C9H17NO3/c1-5-8-6(4-7(10)11-5)12-9(2,3)13-8/h5-8H,4,10H2,1-3H3. The fraction of sp³-hybridized carbons (Fsp3) is 1.00. The van der Waals surface area contributed by atoms with Crippen LogP contribution in [0.5, 0.6) is 0 Å². The fourth-order valence-corrected chi connectivity index (χ4v) is 2.08. The molecule has 2 aliphatic heterocycles. The van der Waals surface area contributed by atoms with Gasteiger partial charge in [-0.2, -0.15) is 0 Å². The first-order valence-corrected chi connectivity index (χ1v) is 4.74. The summed E-state index contributed by atoms with van der Waals surface area (Å²) in [5.74, 6) is -0.489. The third kappa shape index (κ3) is 1.72. The first-order chi connectivity index (χ1) is 5.98. The van der Waals surface area contributed by atoms with Gasteiger partial charge in [0.05, 0.1) is 12.2 Å². The summed E-state index contributed by atoms with van der Waals surface area (Å²) >= 11 is 0. The third-order valence-electron chi connectivity index (χ3n) is 2.54. The van der Waals surface area contributed by atoms with E-state index >= 15 is 0 Å². The maximum Gasteiger partial charge on any atom is 0.163 e. The summed E-state index contributed by atoms with van der Waals surface area (Å²) in [5, 5.41) is 0. The first-order valence-electron chi connectivity index (χ1n) is 4.74. The second-order valence-electron chi connectivity index (χ2n) is 4.25. The molecule has 13 heavy (non-hydrogen) atoms. The van der Waals surface area contributed by atoms with Gasteiger partial charge in [0.2, 0.25) is 0 Å². The van der Waals surface area contributed by atoms with Crippen LogP contribution < -0.4 is 5.73 Å². The van der Waals surface area contributed by atoms with E-state index in [-0.39, 0.29) is 24.5 Å². The molecule has 2 saturated heterocycles. The van der Waals surface area contributed by atoms with E-state index in [0.29, 0.717) is 0 Å². The van der Waals surface area contributed by atoms with Gasteiger partial charge in [0.25, 0.3) is 0 Å². The van der Waals surface area contributed by atoms with Gasteiger partial charge in [-0.15, -0.1) is 0 Å². The van der Waals surface area contributed by atoms with Gasteiger partial charge >= 0.3 is 0 Å². The van der Waals surface area contributed by atoms with Crippen LogP contribution in [0.2, 0.25) is 0 Å². The predicted octanol–water partition coefficient (Wildman–Crippen LogP) is 0.600. The van der Waals surface area contributed by atoms with Crippen molar-refractivity contribution in [3.8, 4) is 0 Å². The molecule has 0 bridgehead atoms. The Morgan fingerprint density at radius 1 is 1.31 bits per heavy atom. The molecule has 4 unspecified atom stereocenters. The highest BCUT2D eigenvalue weighted by Crippen LogP contribution is 2.35. The fourth-order valence-electron chi connectivity index (χ4n) is 2.08. The van der Waals surface area contributed by atoms with Crippen molar-refractivity contribution in [2.75, 3.05) is 0 Å². The average Bonchev–Trinajstić information content (AvgIpc) is 2.23. The van der Waals surface area contributed by atoms with Gasteiger partial charge < -0.3 is 19.9 Å². The molecule has 0 aromatic carbocycles. The summed E-state index contributed by atoms with van der Waals surface area (Å²) in [6.45, 7) is 5.81. The van der Waals surface area contributed by atoms with E-state index in [4.69, 9.17) is 19.9 Å². The minimum atomic E-state index is -0.489. The lowest BCUT2D eigenvalue weighted by molar-refractivity contribution is -0.155. The van der Waals surface area contributed by atoms with Gasteiger partial charge in [0.15, 0.2) is 5.79 Å². The molecule has 76 valence electrons. The number of hydrogen-bond donors (Lipinski definition) is 1. The molecule has 2 rings (SSSR count). The number of hydrogen-bond acceptors (Lipinski definition) is 4. The van der Waals surface area contributed by atoms with E-state index in [9.17, 15) is 0 Å². The summed E-state index contributed by atoms with van der Waals surface area (Å²) in [6, 6.07) is 0. The van der Waals surface area contributed by atoms with Gasteiger partial charge in [-0.05, 0) is 20.8 Å². The number of fused-ring (bicyclic) bond motifs is 1. The second kappa shape index (κ2) is 2.92. The largest absolute Gasteiger partial charge is 0.358 e. The lowest BCUT2D eigenvalue weighted by Gasteiger charge is -2.32. The summed E-state index contributed by atoms with van der Waals surface area (Å²) in [6.07, 6.45) is 0.658. The van der Waals surface area contributed by atoms with Crippen LogP contribution in [-0.4, -0.2) is 30.3 Å². The van der Waals surface area contributed by atoms with Crippen LogP contribution in [0.4, 0.5) is 0 Å². The lowest BCUT2D eigenvalue weighted by Crippen LogP contribution is -2.48. The summed E-state index contributed by atoms with van der Waals surface area (Å²) < 4.78 is 16.9. The second-order valence-corrected chi connectivity index (χ2v) is 4.25. The van der Waals surface area contributed by atoms with Crippen LogP contribution in [0, 0.1) is 0 Å². The van der Waals surface area contributed by atoms with Crippen molar-refractivity contribution < 1.29 is 14.2 Å². The molecule has 0 spiro atoms. The topological polar surface area (TPSA) is 53.7 Å². The van der Waals surface area contributed by atoms with Crippen molar-refractivity contribution in [3.63, 3.8) is 0 Å². The molecule has 0 radical (unpaired) electrons. The van der Waals surface area contributed by atoms with Crippen LogP contribution >= 0.6 is 0 Å². The Hall–Kier alpha value is -0.160. The molecular weight excluding hydrogens is 170 g/mol. The first kappa shape index (κ1) is 9.40. The number of nitrogens with two attached hydrogens (primary N) is 1. The Morgan fingerprint density at radius 2 is 2.00 bits per heavy atom. The Labute approximate surface area is 78.3 Å².